The molecule has 37 heavy (non-hydrogen) atoms. The minimum Gasteiger partial charge on any atom is -0.366 e. The Hall–Kier alpha value is -4.55. The molecule has 0 radical (unpaired) electrons. The van der Waals surface area contributed by atoms with Crippen molar-refractivity contribution in [1.29, 1.82) is 0 Å². The highest BCUT2D eigenvalue weighted by molar-refractivity contribution is 6.22. The lowest BCUT2D eigenvalue weighted by Gasteiger charge is -2.12. The number of rotatable bonds is 5. The summed E-state index contributed by atoms with van der Waals surface area (Å²) in [7, 11) is 0. The maximum atomic E-state index is 13.8. The summed E-state index contributed by atoms with van der Waals surface area (Å²) in [6.07, 6.45) is -7.79. The van der Waals surface area contributed by atoms with Crippen LogP contribution in [0.1, 0.15) is 16.7 Å². The smallest absolute Gasteiger partial charge is 0.366 e. The van der Waals surface area contributed by atoms with E-state index >= 15 is 0 Å². The Kier molecular flexibility index (Phi) is 6.55. The molecule has 4 aromatic rings. The summed E-state index contributed by atoms with van der Waals surface area (Å²) in [6.45, 7) is 0. The maximum absolute atomic E-state index is 13.8. The van der Waals surface area contributed by atoms with Crippen molar-refractivity contribution in [1.82, 2.24) is 19.7 Å². The van der Waals surface area contributed by atoms with E-state index in [4.69, 9.17) is 5.73 Å². The largest absolute Gasteiger partial charge is 0.417 e. The fraction of sp³-hybridized carbons (Fsp3) is 0.0833. The zero-order chi connectivity index (χ0) is 27.0. The molecule has 2 aromatic heterocycles. The van der Waals surface area contributed by atoms with Gasteiger partial charge in [-0.2, -0.15) is 30.7 Å². The molecule has 13 heteroatoms. The summed E-state index contributed by atoms with van der Waals surface area (Å²) in [6, 6.07) is 10.5. The lowest BCUT2D eigenvalue weighted by Crippen LogP contribution is -2.15. The second kappa shape index (κ2) is 9.48. The predicted molar refractivity (Wildman–Crippen MR) is 118 cm³/mol. The molecule has 0 aliphatic rings. The molecule has 2 N–H and O–H groups in total. The monoisotopic (exact) mass is 521 g/mol. The first-order valence-corrected chi connectivity index (χ1v) is 10.3. The predicted octanol–water partition coefficient (Wildman–Crippen LogP) is 5.67. The zero-order valence-corrected chi connectivity index (χ0v) is 18.3. The van der Waals surface area contributed by atoms with Gasteiger partial charge in [0.2, 0.25) is 5.95 Å². The third-order valence-corrected chi connectivity index (χ3v) is 5.13. The number of halogens is 7. The van der Waals surface area contributed by atoms with E-state index in [1.807, 2.05) is 0 Å². The normalized spacial score (nSPS) is 12.6. The van der Waals surface area contributed by atoms with E-state index in [2.05, 4.69) is 15.1 Å². The number of alkyl halides is 6. The van der Waals surface area contributed by atoms with E-state index in [0.717, 1.165) is 54.9 Å². The minimum absolute atomic E-state index is 0.0946. The van der Waals surface area contributed by atoms with Crippen LogP contribution in [0.5, 0.6) is 0 Å². The molecule has 4 rings (SSSR count). The van der Waals surface area contributed by atoms with Crippen LogP contribution in [-0.2, 0) is 17.1 Å². The summed E-state index contributed by atoms with van der Waals surface area (Å²) >= 11 is 0. The van der Waals surface area contributed by atoms with Gasteiger partial charge in [0.25, 0.3) is 5.91 Å². The fourth-order valence-corrected chi connectivity index (χ4v) is 3.53. The van der Waals surface area contributed by atoms with E-state index in [1.54, 1.807) is 0 Å². The Balaban J connectivity index is 2.03. The summed E-state index contributed by atoms with van der Waals surface area (Å²) < 4.78 is 96.6. The van der Waals surface area contributed by atoms with Gasteiger partial charge in [-0.3, -0.25) is 4.79 Å². The molecule has 0 saturated carbocycles. The van der Waals surface area contributed by atoms with Gasteiger partial charge in [0.05, 0.1) is 16.7 Å². The first kappa shape index (κ1) is 25.5. The van der Waals surface area contributed by atoms with Crippen molar-refractivity contribution in [2.75, 3.05) is 0 Å². The summed E-state index contributed by atoms with van der Waals surface area (Å²) in [4.78, 5) is 19.5. The van der Waals surface area contributed by atoms with Crippen LogP contribution in [0.2, 0.25) is 0 Å². The van der Waals surface area contributed by atoms with Crippen molar-refractivity contribution in [2.24, 2.45) is 5.73 Å². The molecule has 1 amide bonds. The number of nitrogens with two attached hydrogens (primary N) is 1. The Labute approximate surface area is 203 Å². The number of carbonyl (C=O) groups excluding carboxylic acids is 1. The van der Waals surface area contributed by atoms with E-state index in [0.29, 0.717) is 4.68 Å². The topological polar surface area (TPSA) is 86.7 Å². The average molecular weight is 521 g/mol. The lowest BCUT2D eigenvalue weighted by atomic mass is 10.1. The Morgan fingerprint density at radius 2 is 1.43 bits per heavy atom. The molecule has 0 bridgehead atoms. The van der Waals surface area contributed by atoms with Crippen LogP contribution in [-0.4, -0.2) is 25.7 Å². The van der Waals surface area contributed by atoms with Crippen LogP contribution < -0.4 is 5.73 Å². The van der Waals surface area contributed by atoms with Crippen molar-refractivity contribution in [3.8, 4) is 22.8 Å². The van der Waals surface area contributed by atoms with Gasteiger partial charge in [0.1, 0.15) is 0 Å². The van der Waals surface area contributed by atoms with Crippen molar-refractivity contribution >= 4 is 17.7 Å². The molecule has 190 valence electrons. The third-order valence-electron chi connectivity index (χ3n) is 5.13. The van der Waals surface area contributed by atoms with Gasteiger partial charge in [-0.25, -0.2) is 14.6 Å². The average Bonchev–Trinajstić information content (AvgIpc) is 3.25. The zero-order valence-electron chi connectivity index (χ0n) is 18.3. The molecular weight excluding hydrogens is 507 g/mol. The van der Waals surface area contributed by atoms with Gasteiger partial charge < -0.3 is 5.73 Å². The Bertz CT molecular complexity index is 1510. The van der Waals surface area contributed by atoms with Crippen LogP contribution in [0.3, 0.4) is 0 Å². The molecule has 0 fully saturated rings. The van der Waals surface area contributed by atoms with Crippen LogP contribution in [0.4, 0.5) is 30.7 Å². The Morgan fingerprint density at radius 1 is 0.865 bits per heavy atom. The maximum Gasteiger partial charge on any atom is 0.417 e. The number of carbonyl (C=O) groups is 1. The summed E-state index contributed by atoms with van der Waals surface area (Å²) in [5, 5.41) is 3.97. The van der Waals surface area contributed by atoms with E-state index in [9.17, 15) is 35.5 Å². The molecule has 0 spiro atoms. The molecule has 2 aromatic carbocycles. The van der Waals surface area contributed by atoms with E-state index in [-0.39, 0.29) is 5.56 Å². The first-order valence-electron chi connectivity index (χ1n) is 10.3. The van der Waals surface area contributed by atoms with Gasteiger partial charge in [-0.05, 0) is 23.8 Å². The molecule has 0 aliphatic heterocycles. The number of nitrogens with zero attached hydrogens (tertiary/aromatic N) is 4. The van der Waals surface area contributed by atoms with Crippen LogP contribution in [0.25, 0.3) is 34.5 Å². The first-order chi connectivity index (χ1) is 17.4. The highest BCUT2D eigenvalue weighted by atomic mass is 19.4. The van der Waals surface area contributed by atoms with Crippen molar-refractivity contribution < 1.29 is 35.5 Å². The molecule has 6 nitrogen and oxygen atoms in total. The molecule has 2 heterocycles. The second-order valence-corrected chi connectivity index (χ2v) is 7.56. The van der Waals surface area contributed by atoms with Gasteiger partial charge in [-0.15, -0.1) is 5.10 Å². The number of hydrogen-bond acceptors (Lipinski definition) is 4. The highest BCUT2D eigenvalue weighted by Gasteiger charge is 2.37. The van der Waals surface area contributed by atoms with Crippen molar-refractivity contribution in [2.45, 2.75) is 12.4 Å². The fourth-order valence-electron chi connectivity index (χ4n) is 3.53. The van der Waals surface area contributed by atoms with Gasteiger partial charge >= 0.3 is 12.4 Å². The second-order valence-electron chi connectivity index (χ2n) is 7.56. The van der Waals surface area contributed by atoms with Crippen LogP contribution in [0, 0.1) is 5.95 Å². The quantitative estimate of drug-likeness (QED) is 0.208. The molecule has 0 unspecified atom stereocenters. The summed E-state index contributed by atoms with van der Waals surface area (Å²) in [5.41, 5.74) is 1.59. The Morgan fingerprint density at radius 3 is 2.00 bits per heavy atom. The SMILES string of the molecule is NC(=O)C(=Cn1nc(-c2ccccc2C(F)(F)F)nc1-c1ccccc1C(F)(F)F)c1ccnc(F)c1. The van der Waals surface area contributed by atoms with Crippen molar-refractivity contribution in [3.05, 3.63) is 89.5 Å². The number of aromatic nitrogens is 4. The summed E-state index contributed by atoms with van der Waals surface area (Å²) in [5.74, 6) is -3.20. The van der Waals surface area contributed by atoms with Gasteiger partial charge in [0, 0.05) is 29.6 Å². The lowest BCUT2D eigenvalue weighted by molar-refractivity contribution is -0.137. The standard InChI is InChI=1S/C24H14F7N5O/c25-19-11-13(9-10-33-19)16(20(32)37)12-36-22(15-6-2-4-8-18(15)24(29,30)31)34-21(35-36)14-5-1-3-7-17(14)23(26,27)28/h1-12H,(H2,32,37). The number of hydrogen-bond donors (Lipinski definition) is 1. The molecule has 0 aliphatic carbocycles. The highest BCUT2D eigenvalue weighted by Crippen LogP contribution is 2.39. The van der Waals surface area contributed by atoms with E-state index in [1.165, 1.54) is 18.2 Å². The van der Waals surface area contributed by atoms with Gasteiger partial charge in [0.15, 0.2) is 11.6 Å². The van der Waals surface area contributed by atoms with Crippen LogP contribution >= 0.6 is 0 Å². The molecule has 0 saturated heterocycles. The number of benzene rings is 2. The number of amides is 1. The molecular formula is C24H14F7N5O. The van der Waals surface area contributed by atoms with E-state index < -0.39 is 63.7 Å². The molecule has 0 atom stereocenters. The van der Waals surface area contributed by atoms with Crippen molar-refractivity contribution in [3.63, 3.8) is 0 Å². The van der Waals surface area contributed by atoms with Crippen LogP contribution in [0.15, 0.2) is 66.9 Å². The number of pyridine rings is 1. The third kappa shape index (κ3) is 5.34. The number of primary amides is 1. The van der Waals surface area contributed by atoms with Gasteiger partial charge in [-0.1, -0.05) is 36.4 Å². The minimum atomic E-state index is -4.86.